The first-order valence-corrected chi connectivity index (χ1v) is 6.77. The van der Waals surface area contributed by atoms with E-state index in [1.54, 1.807) is 24.3 Å². The van der Waals surface area contributed by atoms with Crippen LogP contribution in [0.2, 0.25) is 5.02 Å². The molecule has 0 radical (unpaired) electrons. The molecule has 0 heterocycles. The van der Waals surface area contributed by atoms with Gasteiger partial charge >= 0.3 is 0 Å². The summed E-state index contributed by atoms with van der Waals surface area (Å²) in [5.74, 6) is -0.247. The maximum absolute atomic E-state index is 12.2. The van der Waals surface area contributed by atoms with Crippen molar-refractivity contribution in [1.29, 1.82) is 0 Å². The highest BCUT2D eigenvalue weighted by atomic mass is 35.5. The lowest BCUT2D eigenvalue weighted by atomic mass is 10.1. The lowest BCUT2D eigenvalue weighted by Crippen LogP contribution is -2.36. The molecular weight excluding hydrogens is 292 g/mol. The third kappa shape index (κ3) is 3.56. The van der Waals surface area contributed by atoms with Gasteiger partial charge in [-0.05, 0) is 29.8 Å². The van der Waals surface area contributed by atoms with E-state index in [1.807, 2.05) is 30.3 Å². The molecule has 1 amide bonds. The highest BCUT2D eigenvalue weighted by Crippen LogP contribution is 2.15. The number of hydrogen-bond acceptors (Lipinski definition) is 2. The summed E-state index contributed by atoms with van der Waals surface area (Å²) in [6.45, 7) is 0. The normalized spacial score (nSPS) is 11.7. The monoisotopic (exact) mass is 304 g/mol. The molecule has 0 saturated heterocycles. The van der Waals surface area contributed by atoms with Crippen molar-refractivity contribution in [3.63, 3.8) is 0 Å². The number of hydrogen-bond donors (Lipinski definition) is 2. The smallest absolute Gasteiger partial charge is 0.252 e. The van der Waals surface area contributed by atoms with Gasteiger partial charge in [0.1, 0.15) is 11.0 Å². The van der Waals surface area contributed by atoms with Crippen molar-refractivity contribution in [2.75, 3.05) is 0 Å². The second kappa shape index (κ2) is 6.50. The lowest BCUT2D eigenvalue weighted by molar-refractivity contribution is 0.0947. The molecule has 20 heavy (non-hydrogen) atoms. The van der Waals surface area contributed by atoms with Crippen LogP contribution in [0.1, 0.15) is 22.0 Å². The lowest BCUT2D eigenvalue weighted by Gasteiger charge is -2.18. The quantitative estimate of drug-likeness (QED) is 0.853. The van der Waals surface area contributed by atoms with E-state index < -0.39 is 6.04 Å². The standard InChI is InChI=1S/C15H13ClN2OS/c16-12-8-6-11(7-9-12)15(19)18-13(14(17)20)10-4-2-1-3-5-10/h1-9,13H,(H2,17,20)(H,18,19). The predicted octanol–water partition coefficient (Wildman–Crippen LogP) is 3.10. The van der Waals surface area contributed by atoms with Gasteiger partial charge in [-0.1, -0.05) is 54.2 Å². The van der Waals surface area contributed by atoms with Gasteiger partial charge in [0.05, 0.1) is 0 Å². The zero-order valence-electron chi connectivity index (χ0n) is 10.5. The van der Waals surface area contributed by atoms with Crippen molar-refractivity contribution in [3.8, 4) is 0 Å². The Bertz CT molecular complexity index is 614. The zero-order valence-corrected chi connectivity index (χ0v) is 12.1. The maximum Gasteiger partial charge on any atom is 0.252 e. The molecule has 0 saturated carbocycles. The molecule has 1 atom stereocenters. The first-order chi connectivity index (χ1) is 9.58. The molecule has 102 valence electrons. The molecule has 2 aromatic carbocycles. The zero-order chi connectivity index (χ0) is 14.5. The van der Waals surface area contributed by atoms with Gasteiger partial charge in [0.2, 0.25) is 0 Å². The molecule has 5 heteroatoms. The predicted molar refractivity (Wildman–Crippen MR) is 84.9 cm³/mol. The maximum atomic E-state index is 12.2. The molecule has 0 fully saturated rings. The Morgan fingerprint density at radius 3 is 2.25 bits per heavy atom. The number of halogens is 1. The molecular formula is C15H13ClN2OS. The number of carbonyl (C=O) groups excluding carboxylic acids is 1. The second-order valence-electron chi connectivity index (χ2n) is 4.23. The first-order valence-electron chi connectivity index (χ1n) is 5.98. The largest absolute Gasteiger partial charge is 0.391 e. The van der Waals surface area contributed by atoms with E-state index in [1.165, 1.54) is 0 Å². The number of amides is 1. The molecule has 2 aromatic rings. The number of benzene rings is 2. The van der Waals surface area contributed by atoms with Crippen molar-refractivity contribution >= 4 is 34.7 Å². The number of thiocarbonyl (C=S) groups is 1. The molecule has 0 aliphatic rings. The van der Waals surface area contributed by atoms with Crippen LogP contribution in [0.5, 0.6) is 0 Å². The molecule has 1 unspecified atom stereocenters. The van der Waals surface area contributed by atoms with Crippen LogP contribution in [-0.4, -0.2) is 10.9 Å². The molecule has 2 rings (SSSR count). The van der Waals surface area contributed by atoms with Gasteiger partial charge in [0.15, 0.2) is 0 Å². The van der Waals surface area contributed by atoms with E-state index in [4.69, 9.17) is 29.6 Å². The molecule has 3 nitrogen and oxygen atoms in total. The van der Waals surface area contributed by atoms with Crippen molar-refractivity contribution in [2.24, 2.45) is 5.73 Å². The summed E-state index contributed by atoms with van der Waals surface area (Å²) in [6.07, 6.45) is 0. The van der Waals surface area contributed by atoms with Gasteiger partial charge in [0, 0.05) is 10.6 Å². The third-order valence-electron chi connectivity index (χ3n) is 2.80. The van der Waals surface area contributed by atoms with Crippen LogP contribution >= 0.6 is 23.8 Å². The van der Waals surface area contributed by atoms with E-state index in [0.717, 1.165) is 5.56 Å². The van der Waals surface area contributed by atoms with Crippen molar-refractivity contribution < 1.29 is 4.79 Å². The summed E-state index contributed by atoms with van der Waals surface area (Å²) in [5, 5.41) is 3.40. The number of nitrogens with two attached hydrogens (primary N) is 1. The van der Waals surface area contributed by atoms with Crippen LogP contribution in [0.3, 0.4) is 0 Å². The average Bonchev–Trinajstić information content (AvgIpc) is 2.46. The van der Waals surface area contributed by atoms with Crippen molar-refractivity contribution in [1.82, 2.24) is 5.32 Å². The Labute approximate surface area is 127 Å². The fourth-order valence-electron chi connectivity index (χ4n) is 1.78. The van der Waals surface area contributed by atoms with E-state index in [0.29, 0.717) is 10.6 Å². The molecule has 0 bridgehead atoms. The van der Waals surface area contributed by atoms with Gasteiger partial charge < -0.3 is 11.1 Å². The number of nitrogens with one attached hydrogen (secondary N) is 1. The van der Waals surface area contributed by atoms with Gasteiger partial charge in [-0.2, -0.15) is 0 Å². The fourth-order valence-corrected chi connectivity index (χ4v) is 2.10. The Morgan fingerprint density at radius 1 is 1.10 bits per heavy atom. The van der Waals surface area contributed by atoms with Gasteiger partial charge in [0.25, 0.3) is 5.91 Å². The second-order valence-corrected chi connectivity index (χ2v) is 5.13. The van der Waals surface area contributed by atoms with Crippen LogP contribution in [0.4, 0.5) is 0 Å². The SMILES string of the molecule is NC(=S)C(NC(=O)c1ccc(Cl)cc1)c1ccccc1. The minimum absolute atomic E-state index is 0.221. The van der Waals surface area contributed by atoms with Crippen LogP contribution in [0.15, 0.2) is 54.6 Å². The molecule has 0 aromatic heterocycles. The summed E-state index contributed by atoms with van der Waals surface area (Å²) in [5.41, 5.74) is 7.07. The molecule has 0 spiro atoms. The first kappa shape index (κ1) is 14.5. The Hall–Kier alpha value is -1.91. The van der Waals surface area contributed by atoms with Crippen LogP contribution in [-0.2, 0) is 0 Å². The fraction of sp³-hybridized carbons (Fsp3) is 0.0667. The van der Waals surface area contributed by atoms with Gasteiger partial charge in [-0.15, -0.1) is 0 Å². The van der Waals surface area contributed by atoms with Crippen molar-refractivity contribution in [3.05, 3.63) is 70.7 Å². The highest BCUT2D eigenvalue weighted by molar-refractivity contribution is 7.80. The van der Waals surface area contributed by atoms with Crippen LogP contribution < -0.4 is 11.1 Å². The Morgan fingerprint density at radius 2 is 1.70 bits per heavy atom. The summed E-state index contributed by atoms with van der Waals surface area (Å²) < 4.78 is 0. The summed E-state index contributed by atoms with van der Waals surface area (Å²) >= 11 is 10.8. The van der Waals surface area contributed by atoms with Gasteiger partial charge in [-0.3, -0.25) is 4.79 Å². The van der Waals surface area contributed by atoms with E-state index in [2.05, 4.69) is 5.32 Å². The molecule has 0 aliphatic heterocycles. The number of carbonyl (C=O) groups is 1. The van der Waals surface area contributed by atoms with Crippen LogP contribution in [0.25, 0.3) is 0 Å². The van der Waals surface area contributed by atoms with Crippen LogP contribution in [0, 0.1) is 0 Å². The Balaban J connectivity index is 2.19. The minimum atomic E-state index is -0.491. The van der Waals surface area contributed by atoms with E-state index >= 15 is 0 Å². The molecule has 3 N–H and O–H groups in total. The minimum Gasteiger partial charge on any atom is -0.391 e. The van der Waals surface area contributed by atoms with E-state index in [9.17, 15) is 4.79 Å². The number of rotatable bonds is 4. The highest BCUT2D eigenvalue weighted by Gasteiger charge is 2.17. The van der Waals surface area contributed by atoms with Gasteiger partial charge in [-0.25, -0.2) is 0 Å². The average molecular weight is 305 g/mol. The van der Waals surface area contributed by atoms with E-state index in [-0.39, 0.29) is 10.9 Å². The molecule has 0 aliphatic carbocycles. The summed E-state index contributed by atoms with van der Waals surface area (Å²) in [6, 6.07) is 15.5. The summed E-state index contributed by atoms with van der Waals surface area (Å²) in [7, 11) is 0. The topological polar surface area (TPSA) is 55.1 Å². The Kier molecular flexibility index (Phi) is 4.71. The summed E-state index contributed by atoms with van der Waals surface area (Å²) in [4.78, 5) is 12.4. The van der Waals surface area contributed by atoms with Crippen molar-refractivity contribution in [2.45, 2.75) is 6.04 Å². The third-order valence-corrected chi connectivity index (χ3v) is 3.29.